The second-order valence-electron chi connectivity index (χ2n) is 7.00. The topological polar surface area (TPSA) is 75.1 Å². The van der Waals surface area contributed by atoms with E-state index in [1.165, 1.54) is 5.56 Å². The molecule has 144 valence electrons. The van der Waals surface area contributed by atoms with Crippen LogP contribution in [0.1, 0.15) is 18.4 Å². The number of piperidine rings is 1. The first kappa shape index (κ1) is 18.2. The zero-order valence-corrected chi connectivity index (χ0v) is 15.7. The molecular formula is C21H24N6O. The van der Waals surface area contributed by atoms with Crippen molar-refractivity contribution in [1.82, 2.24) is 25.2 Å². The monoisotopic (exact) mass is 376 g/mol. The third-order valence-electron chi connectivity index (χ3n) is 4.99. The zero-order valence-electron chi connectivity index (χ0n) is 15.7. The standard InChI is InChI=1S/C21H24N6O/c28-21(24-19-8-4-5-9-20(19)27-15-12-22-25-27)23-18-10-13-26(14-11-18)16-17-6-2-1-3-7-17/h1-9,12,15,18H,10-11,13-14,16H2,(H2,23,24,28). The molecule has 0 aliphatic carbocycles. The van der Waals surface area contributed by atoms with Crippen LogP contribution in [0.25, 0.3) is 5.69 Å². The summed E-state index contributed by atoms with van der Waals surface area (Å²) >= 11 is 0. The molecule has 2 aromatic carbocycles. The molecule has 2 N–H and O–H groups in total. The van der Waals surface area contributed by atoms with Crippen LogP contribution in [-0.2, 0) is 6.54 Å². The molecule has 0 saturated carbocycles. The maximum absolute atomic E-state index is 12.5. The molecule has 2 heterocycles. The van der Waals surface area contributed by atoms with E-state index >= 15 is 0 Å². The number of rotatable bonds is 5. The van der Waals surface area contributed by atoms with Crippen molar-refractivity contribution in [3.8, 4) is 5.69 Å². The molecule has 7 nitrogen and oxygen atoms in total. The van der Waals surface area contributed by atoms with Crippen LogP contribution < -0.4 is 10.6 Å². The number of hydrogen-bond donors (Lipinski definition) is 2. The van der Waals surface area contributed by atoms with Gasteiger partial charge in [0.25, 0.3) is 0 Å². The third-order valence-corrected chi connectivity index (χ3v) is 4.99. The Labute approximate surface area is 164 Å². The molecule has 2 amide bonds. The smallest absolute Gasteiger partial charge is 0.319 e. The number of likely N-dealkylation sites (tertiary alicyclic amines) is 1. The lowest BCUT2D eigenvalue weighted by Gasteiger charge is -2.32. The van der Waals surface area contributed by atoms with Crippen LogP contribution in [0.2, 0.25) is 0 Å². The molecule has 28 heavy (non-hydrogen) atoms. The van der Waals surface area contributed by atoms with Gasteiger partial charge in [-0.15, -0.1) is 5.10 Å². The highest BCUT2D eigenvalue weighted by atomic mass is 16.2. The summed E-state index contributed by atoms with van der Waals surface area (Å²) in [7, 11) is 0. The summed E-state index contributed by atoms with van der Waals surface area (Å²) in [6.45, 7) is 2.93. The predicted molar refractivity (Wildman–Crippen MR) is 108 cm³/mol. The summed E-state index contributed by atoms with van der Waals surface area (Å²) < 4.78 is 1.64. The lowest BCUT2D eigenvalue weighted by Crippen LogP contribution is -2.45. The number of hydrogen-bond acceptors (Lipinski definition) is 4. The Morgan fingerprint density at radius 3 is 2.54 bits per heavy atom. The fraction of sp³-hybridized carbons (Fsp3) is 0.286. The largest absolute Gasteiger partial charge is 0.335 e. The molecule has 1 fully saturated rings. The quantitative estimate of drug-likeness (QED) is 0.718. The maximum atomic E-state index is 12.5. The van der Waals surface area contributed by atoms with Crippen molar-refractivity contribution >= 4 is 11.7 Å². The molecule has 0 bridgehead atoms. The summed E-state index contributed by atoms with van der Waals surface area (Å²) in [5.74, 6) is 0. The van der Waals surface area contributed by atoms with E-state index in [2.05, 4.69) is 50.1 Å². The minimum Gasteiger partial charge on any atom is -0.335 e. The molecule has 0 atom stereocenters. The van der Waals surface area contributed by atoms with Crippen molar-refractivity contribution in [2.45, 2.75) is 25.4 Å². The lowest BCUT2D eigenvalue weighted by atomic mass is 10.0. The third kappa shape index (κ3) is 4.55. The van der Waals surface area contributed by atoms with E-state index in [1.54, 1.807) is 17.1 Å². The van der Waals surface area contributed by atoms with Crippen LogP contribution in [-0.4, -0.2) is 45.1 Å². The van der Waals surface area contributed by atoms with Crippen LogP contribution in [0.5, 0.6) is 0 Å². The summed E-state index contributed by atoms with van der Waals surface area (Å²) in [4.78, 5) is 14.9. The van der Waals surface area contributed by atoms with Crippen molar-refractivity contribution in [2.24, 2.45) is 0 Å². The van der Waals surface area contributed by atoms with Crippen LogP contribution in [0.4, 0.5) is 10.5 Å². The first-order valence-corrected chi connectivity index (χ1v) is 9.57. The van der Waals surface area contributed by atoms with Crippen LogP contribution in [0.3, 0.4) is 0 Å². The summed E-state index contributed by atoms with van der Waals surface area (Å²) in [6.07, 6.45) is 5.26. The van der Waals surface area contributed by atoms with Gasteiger partial charge in [-0.3, -0.25) is 4.90 Å². The average molecular weight is 376 g/mol. The van der Waals surface area contributed by atoms with E-state index in [-0.39, 0.29) is 12.1 Å². The molecule has 0 unspecified atom stereocenters. The number of benzene rings is 2. The number of aromatic nitrogens is 3. The van der Waals surface area contributed by atoms with Gasteiger partial charge in [-0.2, -0.15) is 0 Å². The lowest BCUT2D eigenvalue weighted by molar-refractivity contribution is 0.190. The fourth-order valence-electron chi connectivity index (χ4n) is 3.54. The second kappa shape index (κ2) is 8.67. The van der Waals surface area contributed by atoms with E-state index in [4.69, 9.17) is 0 Å². The van der Waals surface area contributed by atoms with Gasteiger partial charge in [0.1, 0.15) is 0 Å². The highest BCUT2D eigenvalue weighted by Gasteiger charge is 2.21. The number of carbonyl (C=O) groups is 1. The number of nitrogens with zero attached hydrogens (tertiary/aromatic N) is 4. The predicted octanol–water partition coefficient (Wildman–Crippen LogP) is 3.05. The van der Waals surface area contributed by atoms with E-state index in [9.17, 15) is 4.79 Å². The SMILES string of the molecule is O=C(Nc1ccccc1-n1ccnn1)NC1CCN(Cc2ccccc2)CC1. The first-order chi connectivity index (χ1) is 13.8. The Balaban J connectivity index is 1.29. The average Bonchev–Trinajstić information content (AvgIpc) is 3.25. The molecule has 0 spiro atoms. The van der Waals surface area contributed by atoms with Gasteiger partial charge < -0.3 is 10.6 Å². The Kier molecular flexibility index (Phi) is 5.63. The van der Waals surface area contributed by atoms with Gasteiger partial charge in [-0.25, -0.2) is 9.48 Å². The Bertz CT molecular complexity index is 888. The number of anilines is 1. The summed E-state index contributed by atoms with van der Waals surface area (Å²) in [5, 5.41) is 13.9. The van der Waals surface area contributed by atoms with Gasteiger partial charge in [-0.05, 0) is 30.5 Å². The Morgan fingerprint density at radius 1 is 1.04 bits per heavy atom. The van der Waals surface area contributed by atoms with E-state index in [0.29, 0.717) is 5.69 Å². The number of para-hydroxylation sites is 2. The normalized spacial score (nSPS) is 15.3. The molecule has 1 aliphatic heterocycles. The van der Waals surface area contributed by atoms with Gasteiger partial charge >= 0.3 is 6.03 Å². The first-order valence-electron chi connectivity index (χ1n) is 9.57. The Morgan fingerprint density at radius 2 is 1.79 bits per heavy atom. The van der Waals surface area contributed by atoms with Crippen molar-refractivity contribution < 1.29 is 4.79 Å². The van der Waals surface area contributed by atoms with Crippen molar-refractivity contribution in [1.29, 1.82) is 0 Å². The molecule has 1 saturated heterocycles. The van der Waals surface area contributed by atoms with Gasteiger partial charge in [0.2, 0.25) is 0 Å². The van der Waals surface area contributed by atoms with Gasteiger partial charge in [0, 0.05) is 25.7 Å². The molecule has 1 aromatic heterocycles. The highest BCUT2D eigenvalue weighted by Crippen LogP contribution is 2.19. The Hall–Kier alpha value is -3.19. The minimum atomic E-state index is -0.186. The van der Waals surface area contributed by atoms with Crippen LogP contribution in [0.15, 0.2) is 67.0 Å². The van der Waals surface area contributed by atoms with Crippen molar-refractivity contribution in [3.05, 3.63) is 72.6 Å². The summed E-state index contributed by atoms with van der Waals surface area (Å²) in [6, 6.07) is 18.1. The highest BCUT2D eigenvalue weighted by molar-refractivity contribution is 5.91. The number of nitrogens with one attached hydrogen (secondary N) is 2. The molecule has 4 rings (SSSR count). The zero-order chi connectivity index (χ0) is 19.2. The number of urea groups is 1. The van der Waals surface area contributed by atoms with Gasteiger partial charge in [-0.1, -0.05) is 47.7 Å². The van der Waals surface area contributed by atoms with Gasteiger partial charge in [0.15, 0.2) is 0 Å². The van der Waals surface area contributed by atoms with E-state index < -0.39 is 0 Å². The van der Waals surface area contributed by atoms with Crippen LogP contribution >= 0.6 is 0 Å². The molecule has 3 aromatic rings. The maximum Gasteiger partial charge on any atom is 0.319 e. The van der Waals surface area contributed by atoms with E-state index in [0.717, 1.165) is 38.2 Å². The second-order valence-corrected chi connectivity index (χ2v) is 7.00. The number of carbonyl (C=O) groups excluding carboxylic acids is 1. The van der Waals surface area contributed by atoms with E-state index in [1.807, 2.05) is 30.3 Å². The molecule has 7 heteroatoms. The minimum absolute atomic E-state index is 0.186. The van der Waals surface area contributed by atoms with Crippen molar-refractivity contribution in [3.63, 3.8) is 0 Å². The van der Waals surface area contributed by atoms with Crippen molar-refractivity contribution in [2.75, 3.05) is 18.4 Å². The molecule has 1 aliphatic rings. The molecular weight excluding hydrogens is 352 g/mol. The van der Waals surface area contributed by atoms with Crippen LogP contribution in [0, 0.1) is 0 Å². The number of amides is 2. The fourth-order valence-corrected chi connectivity index (χ4v) is 3.54. The molecule has 0 radical (unpaired) electrons. The summed E-state index contributed by atoms with van der Waals surface area (Å²) in [5.41, 5.74) is 2.82. The van der Waals surface area contributed by atoms with Gasteiger partial charge in [0.05, 0.1) is 23.8 Å².